The fraction of sp³-hybridized carbons (Fsp3) is 0.500. The van der Waals surface area contributed by atoms with Gasteiger partial charge < -0.3 is 10.4 Å². The zero-order chi connectivity index (χ0) is 14.7. The Balaban J connectivity index is 1.64. The summed E-state index contributed by atoms with van der Waals surface area (Å²) in [4.78, 5) is 4.53. The summed E-state index contributed by atoms with van der Waals surface area (Å²) in [6, 6.07) is 10.6. The van der Waals surface area contributed by atoms with Crippen LogP contribution in [0.15, 0.2) is 30.3 Å². The van der Waals surface area contributed by atoms with Crippen LogP contribution in [0.3, 0.4) is 0 Å². The average molecular weight is 284 g/mol. The van der Waals surface area contributed by atoms with E-state index in [-0.39, 0.29) is 5.41 Å². The highest BCUT2D eigenvalue weighted by Crippen LogP contribution is 2.36. The van der Waals surface area contributed by atoms with Gasteiger partial charge in [0.15, 0.2) is 0 Å². The third kappa shape index (κ3) is 3.25. The Bertz CT molecular complexity index is 618. The lowest BCUT2D eigenvalue weighted by molar-refractivity contribution is 0.128. The van der Waals surface area contributed by atoms with Gasteiger partial charge in [0, 0.05) is 36.2 Å². The maximum atomic E-state index is 9.63. The first-order valence-electron chi connectivity index (χ1n) is 7.89. The molecule has 0 aliphatic heterocycles. The van der Waals surface area contributed by atoms with E-state index in [0.29, 0.717) is 6.61 Å². The molecule has 0 spiro atoms. The molecule has 1 saturated carbocycles. The van der Waals surface area contributed by atoms with Gasteiger partial charge in [0.05, 0.1) is 5.52 Å². The number of hydrogen-bond donors (Lipinski definition) is 2. The second-order valence-electron chi connectivity index (χ2n) is 6.45. The van der Waals surface area contributed by atoms with Crippen LogP contribution in [0.25, 0.3) is 10.9 Å². The lowest BCUT2D eigenvalue weighted by atomic mass is 9.87. The molecular formula is C18H24N2O. The Hall–Kier alpha value is -1.45. The summed E-state index contributed by atoms with van der Waals surface area (Å²) in [5.41, 5.74) is 3.51. The van der Waals surface area contributed by atoms with Gasteiger partial charge in [0.25, 0.3) is 0 Å². The normalized spacial score (nSPS) is 17.4. The van der Waals surface area contributed by atoms with Crippen LogP contribution in [0.2, 0.25) is 0 Å². The Morgan fingerprint density at radius 2 is 2.00 bits per heavy atom. The van der Waals surface area contributed by atoms with Crippen molar-refractivity contribution in [2.45, 2.75) is 39.2 Å². The molecule has 0 amide bonds. The summed E-state index contributed by atoms with van der Waals surface area (Å²) >= 11 is 0. The fourth-order valence-corrected chi connectivity index (χ4v) is 3.37. The molecule has 1 aromatic carbocycles. The number of benzene rings is 1. The topological polar surface area (TPSA) is 45.1 Å². The van der Waals surface area contributed by atoms with Crippen molar-refractivity contribution < 1.29 is 5.11 Å². The molecule has 0 bridgehead atoms. The van der Waals surface area contributed by atoms with E-state index in [1.165, 1.54) is 23.8 Å². The molecule has 2 aromatic rings. The van der Waals surface area contributed by atoms with E-state index in [4.69, 9.17) is 0 Å². The van der Waals surface area contributed by atoms with Crippen LogP contribution in [0.4, 0.5) is 0 Å². The molecule has 21 heavy (non-hydrogen) atoms. The van der Waals surface area contributed by atoms with Crippen molar-refractivity contribution in [2.24, 2.45) is 5.41 Å². The van der Waals surface area contributed by atoms with Gasteiger partial charge in [-0.15, -0.1) is 0 Å². The highest BCUT2D eigenvalue weighted by atomic mass is 16.3. The van der Waals surface area contributed by atoms with E-state index in [9.17, 15) is 5.11 Å². The number of aryl methyl sites for hydroxylation is 1. The first-order chi connectivity index (χ1) is 10.2. The van der Waals surface area contributed by atoms with Crippen LogP contribution in [0, 0.1) is 12.3 Å². The third-order valence-corrected chi connectivity index (χ3v) is 4.72. The molecule has 1 aromatic heterocycles. The molecular weight excluding hydrogens is 260 g/mol. The lowest BCUT2D eigenvalue weighted by Gasteiger charge is -2.26. The Labute approximate surface area is 126 Å². The van der Waals surface area contributed by atoms with E-state index >= 15 is 0 Å². The summed E-state index contributed by atoms with van der Waals surface area (Å²) in [7, 11) is 0. The quantitative estimate of drug-likeness (QED) is 0.886. The maximum Gasteiger partial charge on any atom is 0.0705 e. The minimum atomic E-state index is 0.121. The zero-order valence-electron chi connectivity index (χ0n) is 12.7. The van der Waals surface area contributed by atoms with Crippen molar-refractivity contribution in [2.75, 3.05) is 13.2 Å². The van der Waals surface area contributed by atoms with E-state index in [1.54, 1.807) is 0 Å². The first kappa shape index (κ1) is 14.5. The molecule has 2 N–H and O–H groups in total. The molecule has 1 aliphatic rings. The summed E-state index contributed by atoms with van der Waals surface area (Å²) in [6.45, 7) is 4.09. The first-order valence-corrected chi connectivity index (χ1v) is 7.89. The molecule has 3 nitrogen and oxygen atoms in total. The van der Waals surface area contributed by atoms with E-state index < -0.39 is 0 Å². The zero-order valence-corrected chi connectivity index (χ0v) is 12.7. The summed E-state index contributed by atoms with van der Waals surface area (Å²) < 4.78 is 0. The van der Waals surface area contributed by atoms with Gasteiger partial charge in [0.2, 0.25) is 0 Å². The Morgan fingerprint density at radius 1 is 1.19 bits per heavy atom. The summed E-state index contributed by atoms with van der Waals surface area (Å²) in [5.74, 6) is 0. The predicted molar refractivity (Wildman–Crippen MR) is 86.2 cm³/mol. The molecule has 0 unspecified atom stereocenters. The van der Waals surface area contributed by atoms with Crippen LogP contribution >= 0.6 is 0 Å². The standard InChI is InChI=1S/C18H24N2O/c1-14-4-6-16-10-15(5-7-17(16)20-14)11-19-12-18(13-21)8-2-3-9-18/h4-7,10,19,21H,2-3,8-9,11-13H2,1H3. The molecule has 3 heteroatoms. The SMILES string of the molecule is Cc1ccc2cc(CNCC3(CO)CCCC3)ccc2n1. The van der Waals surface area contributed by atoms with Crippen LogP contribution in [-0.2, 0) is 6.54 Å². The number of fused-ring (bicyclic) bond motifs is 1. The highest BCUT2D eigenvalue weighted by Gasteiger charge is 2.32. The number of rotatable bonds is 5. The predicted octanol–water partition coefficient (Wildman–Crippen LogP) is 3.19. The number of aliphatic hydroxyl groups is 1. The number of aliphatic hydroxyl groups excluding tert-OH is 1. The van der Waals surface area contributed by atoms with Crippen molar-refractivity contribution >= 4 is 10.9 Å². The molecule has 1 heterocycles. The van der Waals surface area contributed by atoms with Crippen LogP contribution < -0.4 is 5.32 Å². The largest absolute Gasteiger partial charge is 0.396 e. The van der Waals surface area contributed by atoms with E-state index in [1.807, 2.05) is 6.92 Å². The summed E-state index contributed by atoms with van der Waals surface area (Å²) in [5, 5.41) is 14.4. The molecule has 0 radical (unpaired) electrons. The van der Waals surface area contributed by atoms with Crippen molar-refractivity contribution in [1.29, 1.82) is 0 Å². The second-order valence-corrected chi connectivity index (χ2v) is 6.45. The Kier molecular flexibility index (Phi) is 4.22. The van der Waals surface area contributed by atoms with Gasteiger partial charge in [-0.2, -0.15) is 0 Å². The number of nitrogens with zero attached hydrogens (tertiary/aromatic N) is 1. The molecule has 0 atom stereocenters. The van der Waals surface area contributed by atoms with Crippen LogP contribution in [0.5, 0.6) is 0 Å². The van der Waals surface area contributed by atoms with Gasteiger partial charge in [0.1, 0.15) is 0 Å². The number of pyridine rings is 1. The van der Waals surface area contributed by atoms with Gasteiger partial charge in [-0.05, 0) is 43.5 Å². The van der Waals surface area contributed by atoms with E-state index in [0.717, 1.165) is 37.1 Å². The minimum absolute atomic E-state index is 0.121. The Morgan fingerprint density at radius 3 is 2.76 bits per heavy atom. The number of aromatic nitrogens is 1. The highest BCUT2D eigenvalue weighted by molar-refractivity contribution is 5.79. The van der Waals surface area contributed by atoms with Crippen molar-refractivity contribution in [3.8, 4) is 0 Å². The minimum Gasteiger partial charge on any atom is -0.396 e. The second kappa shape index (κ2) is 6.12. The fourth-order valence-electron chi connectivity index (χ4n) is 3.37. The van der Waals surface area contributed by atoms with Crippen molar-refractivity contribution in [1.82, 2.24) is 10.3 Å². The average Bonchev–Trinajstić information content (AvgIpc) is 2.97. The molecule has 112 valence electrons. The molecule has 1 fully saturated rings. The van der Waals surface area contributed by atoms with Crippen molar-refractivity contribution in [3.05, 3.63) is 41.6 Å². The van der Waals surface area contributed by atoms with Gasteiger partial charge >= 0.3 is 0 Å². The monoisotopic (exact) mass is 284 g/mol. The van der Waals surface area contributed by atoms with Gasteiger partial charge in [-0.1, -0.05) is 25.0 Å². The number of hydrogen-bond acceptors (Lipinski definition) is 3. The van der Waals surface area contributed by atoms with E-state index in [2.05, 4.69) is 40.6 Å². The van der Waals surface area contributed by atoms with Gasteiger partial charge in [-0.3, -0.25) is 4.98 Å². The molecule has 3 rings (SSSR count). The summed E-state index contributed by atoms with van der Waals surface area (Å²) in [6.07, 6.45) is 4.81. The van der Waals surface area contributed by atoms with Crippen LogP contribution in [-0.4, -0.2) is 23.2 Å². The maximum absolute atomic E-state index is 9.63. The smallest absolute Gasteiger partial charge is 0.0705 e. The lowest BCUT2D eigenvalue weighted by Crippen LogP contribution is -2.34. The molecule has 0 saturated heterocycles. The number of nitrogens with one attached hydrogen (secondary N) is 1. The van der Waals surface area contributed by atoms with Crippen molar-refractivity contribution in [3.63, 3.8) is 0 Å². The molecule has 1 aliphatic carbocycles. The van der Waals surface area contributed by atoms with Crippen LogP contribution in [0.1, 0.15) is 36.9 Å². The third-order valence-electron chi connectivity index (χ3n) is 4.72. The van der Waals surface area contributed by atoms with Gasteiger partial charge in [-0.25, -0.2) is 0 Å².